The third kappa shape index (κ3) is 1.71. The van der Waals surface area contributed by atoms with Gasteiger partial charge >= 0.3 is 0 Å². The zero-order valence-electron chi connectivity index (χ0n) is 13.6. The van der Waals surface area contributed by atoms with Crippen LogP contribution >= 0.6 is 0 Å². The Kier molecular flexibility index (Phi) is 2.69. The van der Waals surface area contributed by atoms with Crippen LogP contribution in [0.25, 0.3) is 10.8 Å². The van der Waals surface area contributed by atoms with Crippen molar-refractivity contribution < 1.29 is 4.79 Å². The van der Waals surface area contributed by atoms with Crippen molar-refractivity contribution in [3.05, 3.63) is 59.2 Å². The van der Waals surface area contributed by atoms with Crippen LogP contribution < -0.4 is 0 Å². The molecule has 0 heterocycles. The maximum absolute atomic E-state index is 13.4. The van der Waals surface area contributed by atoms with Gasteiger partial charge in [-0.25, -0.2) is 0 Å². The second kappa shape index (κ2) is 4.56. The van der Waals surface area contributed by atoms with Gasteiger partial charge in [-0.05, 0) is 71.9 Å². The lowest BCUT2D eigenvalue weighted by Gasteiger charge is -2.38. The predicted octanol–water partition coefficient (Wildman–Crippen LogP) is 5.11. The van der Waals surface area contributed by atoms with E-state index in [2.05, 4.69) is 49.4 Å². The molecule has 5 rings (SSSR count). The average molecular weight is 302 g/mol. The highest BCUT2D eigenvalue weighted by Gasteiger charge is 2.54. The predicted molar refractivity (Wildman–Crippen MR) is 93.8 cm³/mol. The lowest BCUT2D eigenvalue weighted by molar-refractivity contribution is 0.0703. The maximum atomic E-state index is 13.4. The van der Waals surface area contributed by atoms with E-state index < -0.39 is 0 Å². The SMILES string of the molecule is CCc1cccc2cc3c(cc12)CCC1(CC2C=CC1C2)C3=O. The van der Waals surface area contributed by atoms with Gasteiger partial charge in [0.1, 0.15) is 0 Å². The van der Waals surface area contributed by atoms with Crippen LogP contribution in [0.1, 0.15) is 47.7 Å². The quantitative estimate of drug-likeness (QED) is 0.669. The molecular weight excluding hydrogens is 280 g/mol. The number of allylic oxidation sites excluding steroid dienone is 2. The molecule has 1 spiro atoms. The number of aryl methyl sites for hydroxylation is 2. The molecule has 1 nitrogen and oxygen atoms in total. The summed E-state index contributed by atoms with van der Waals surface area (Å²) in [5, 5.41) is 2.57. The Hall–Kier alpha value is -1.89. The Morgan fingerprint density at radius 2 is 2.13 bits per heavy atom. The summed E-state index contributed by atoms with van der Waals surface area (Å²) < 4.78 is 0. The third-order valence-electron chi connectivity index (χ3n) is 6.62. The van der Waals surface area contributed by atoms with E-state index in [0.717, 1.165) is 31.2 Å². The number of hydrogen-bond acceptors (Lipinski definition) is 1. The van der Waals surface area contributed by atoms with Crippen LogP contribution in [0.4, 0.5) is 0 Å². The number of ketones is 1. The number of rotatable bonds is 1. The molecule has 0 N–H and O–H groups in total. The topological polar surface area (TPSA) is 17.1 Å². The molecule has 1 saturated carbocycles. The molecule has 1 heteroatoms. The van der Waals surface area contributed by atoms with Crippen molar-refractivity contribution in [2.24, 2.45) is 17.3 Å². The number of Topliss-reactive ketones (excluding diaryl/α,β-unsaturated/α-hetero) is 1. The van der Waals surface area contributed by atoms with Gasteiger partial charge in [-0.3, -0.25) is 4.79 Å². The van der Waals surface area contributed by atoms with Crippen LogP contribution in [0, 0.1) is 17.3 Å². The number of carbonyl (C=O) groups excluding carboxylic acids is 1. The highest BCUT2D eigenvalue weighted by molar-refractivity contribution is 6.06. The normalized spacial score (nSPS) is 31.3. The largest absolute Gasteiger partial charge is 0.294 e. The first-order chi connectivity index (χ1) is 11.2. The van der Waals surface area contributed by atoms with E-state index in [0.29, 0.717) is 17.6 Å². The molecule has 116 valence electrons. The van der Waals surface area contributed by atoms with Crippen LogP contribution in [0.2, 0.25) is 0 Å². The molecule has 3 aliphatic rings. The molecule has 0 aliphatic heterocycles. The molecule has 0 saturated heterocycles. The van der Waals surface area contributed by atoms with Crippen LogP contribution in [0.5, 0.6) is 0 Å². The van der Waals surface area contributed by atoms with Crippen molar-refractivity contribution in [3.63, 3.8) is 0 Å². The second-order valence-corrected chi connectivity index (χ2v) is 7.68. The minimum Gasteiger partial charge on any atom is -0.294 e. The molecular formula is C22H22O. The van der Waals surface area contributed by atoms with Gasteiger partial charge in [0.15, 0.2) is 5.78 Å². The van der Waals surface area contributed by atoms with Gasteiger partial charge in [0, 0.05) is 11.0 Å². The van der Waals surface area contributed by atoms with Crippen molar-refractivity contribution >= 4 is 16.6 Å². The zero-order chi connectivity index (χ0) is 15.6. The van der Waals surface area contributed by atoms with Gasteiger partial charge in [0.25, 0.3) is 0 Å². The van der Waals surface area contributed by atoms with Gasteiger partial charge in [0.05, 0.1) is 0 Å². The molecule has 3 unspecified atom stereocenters. The lowest BCUT2D eigenvalue weighted by atomic mass is 9.63. The fourth-order valence-corrected chi connectivity index (χ4v) is 5.40. The van der Waals surface area contributed by atoms with Crippen molar-refractivity contribution in [2.75, 3.05) is 0 Å². The molecule has 2 aromatic rings. The average Bonchev–Trinajstić information content (AvgIpc) is 3.18. The Morgan fingerprint density at radius 1 is 1.22 bits per heavy atom. The smallest absolute Gasteiger partial charge is 0.169 e. The fraction of sp³-hybridized carbons (Fsp3) is 0.409. The fourth-order valence-electron chi connectivity index (χ4n) is 5.40. The third-order valence-corrected chi connectivity index (χ3v) is 6.62. The van der Waals surface area contributed by atoms with Gasteiger partial charge in [-0.2, -0.15) is 0 Å². The summed E-state index contributed by atoms with van der Waals surface area (Å²) in [6.45, 7) is 2.20. The molecule has 0 amide bonds. The van der Waals surface area contributed by atoms with E-state index >= 15 is 0 Å². The minimum absolute atomic E-state index is 0.0809. The number of benzene rings is 2. The second-order valence-electron chi connectivity index (χ2n) is 7.68. The molecule has 2 aromatic carbocycles. The van der Waals surface area contributed by atoms with Crippen LogP contribution in [0.15, 0.2) is 42.5 Å². The number of hydrogen-bond donors (Lipinski definition) is 0. The molecule has 0 radical (unpaired) electrons. The number of carbonyl (C=O) groups is 1. The van der Waals surface area contributed by atoms with E-state index in [9.17, 15) is 4.79 Å². The summed E-state index contributed by atoms with van der Waals surface area (Å²) in [4.78, 5) is 13.4. The Morgan fingerprint density at radius 3 is 2.87 bits per heavy atom. The first kappa shape index (κ1) is 13.5. The molecule has 2 bridgehead atoms. The van der Waals surface area contributed by atoms with E-state index in [-0.39, 0.29) is 5.41 Å². The van der Waals surface area contributed by atoms with Crippen LogP contribution in [0.3, 0.4) is 0 Å². The monoisotopic (exact) mass is 302 g/mol. The van der Waals surface area contributed by atoms with Gasteiger partial charge in [-0.1, -0.05) is 43.3 Å². The maximum Gasteiger partial charge on any atom is 0.169 e. The van der Waals surface area contributed by atoms with E-state index in [1.807, 2.05) is 0 Å². The van der Waals surface area contributed by atoms with Gasteiger partial charge in [0.2, 0.25) is 0 Å². The summed E-state index contributed by atoms with van der Waals surface area (Å²) in [7, 11) is 0. The minimum atomic E-state index is -0.0809. The molecule has 0 aromatic heterocycles. The van der Waals surface area contributed by atoms with Crippen molar-refractivity contribution in [2.45, 2.75) is 39.0 Å². The summed E-state index contributed by atoms with van der Waals surface area (Å²) >= 11 is 0. The summed E-state index contributed by atoms with van der Waals surface area (Å²) in [5.41, 5.74) is 3.60. The van der Waals surface area contributed by atoms with Gasteiger partial charge < -0.3 is 0 Å². The van der Waals surface area contributed by atoms with Crippen LogP contribution in [-0.4, -0.2) is 5.78 Å². The first-order valence-corrected chi connectivity index (χ1v) is 8.99. The van der Waals surface area contributed by atoms with Crippen molar-refractivity contribution in [1.82, 2.24) is 0 Å². The van der Waals surface area contributed by atoms with Crippen molar-refractivity contribution in [3.8, 4) is 0 Å². The Balaban J connectivity index is 1.67. The van der Waals surface area contributed by atoms with E-state index in [1.54, 1.807) is 0 Å². The summed E-state index contributed by atoms with van der Waals surface area (Å²) in [6.07, 6.45) is 10.1. The highest BCUT2D eigenvalue weighted by Crippen LogP contribution is 2.57. The first-order valence-electron chi connectivity index (χ1n) is 8.99. The lowest BCUT2D eigenvalue weighted by Crippen LogP contribution is -2.39. The van der Waals surface area contributed by atoms with E-state index in [1.165, 1.54) is 28.3 Å². The Labute approximate surface area is 137 Å². The molecule has 23 heavy (non-hydrogen) atoms. The van der Waals surface area contributed by atoms with Crippen molar-refractivity contribution in [1.29, 1.82) is 0 Å². The molecule has 1 fully saturated rings. The van der Waals surface area contributed by atoms with Gasteiger partial charge in [-0.15, -0.1) is 0 Å². The summed E-state index contributed by atoms with van der Waals surface area (Å²) in [6, 6.07) is 11.0. The van der Waals surface area contributed by atoms with E-state index in [4.69, 9.17) is 0 Å². The molecule has 3 aliphatic carbocycles. The summed E-state index contributed by atoms with van der Waals surface area (Å²) in [5.74, 6) is 1.57. The zero-order valence-corrected chi connectivity index (χ0v) is 13.6. The highest BCUT2D eigenvalue weighted by atomic mass is 16.1. The van der Waals surface area contributed by atoms with Crippen LogP contribution in [-0.2, 0) is 12.8 Å². The number of fused-ring (bicyclic) bond motifs is 5. The molecule has 3 atom stereocenters. The standard InChI is InChI=1S/C22H22O/c1-2-15-4-3-5-16-12-20-17(11-19(15)16)8-9-22(21(20)23)13-14-6-7-18(22)10-14/h3-7,11-12,14,18H,2,8-10,13H2,1H3. The Bertz CT molecular complexity index is 860.